The van der Waals surface area contributed by atoms with Crippen LogP contribution in [-0.4, -0.2) is 11.2 Å². The second-order valence-corrected chi connectivity index (χ2v) is 7.51. The van der Waals surface area contributed by atoms with Gasteiger partial charge in [-0.25, -0.2) is 13.8 Å². The van der Waals surface area contributed by atoms with Crippen LogP contribution in [0.15, 0.2) is 58.3 Å². The summed E-state index contributed by atoms with van der Waals surface area (Å²) >= 11 is 0. The van der Waals surface area contributed by atoms with E-state index in [2.05, 4.69) is 4.98 Å². The van der Waals surface area contributed by atoms with Crippen molar-refractivity contribution >= 4 is 5.57 Å². The summed E-state index contributed by atoms with van der Waals surface area (Å²) in [6.45, 7) is 2.98. The van der Waals surface area contributed by atoms with E-state index < -0.39 is 17.6 Å². The van der Waals surface area contributed by atoms with Crippen LogP contribution in [0.25, 0.3) is 5.57 Å². The fourth-order valence-corrected chi connectivity index (χ4v) is 3.75. The van der Waals surface area contributed by atoms with Gasteiger partial charge in [0.15, 0.2) is 0 Å². The lowest BCUT2D eigenvalue weighted by molar-refractivity contribution is -0.0883. The van der Waals surface area contributed by atoms with Crippen molar-refractivity contribution < 1.29 is 26.4 Å². The number of aryl methyl sites for hydroxylation is 1. The van der Waals surface area contributed by atoms with E-state index in [4.69, 9.17) is 4.42 Å². The van der Waals surface area contributed by atoms with Crippen LogP contribution >= 0.6 is 0 Å². The van der Waals surface area contributed by atoms with Crippen LogP contribution in [-0.2, 0) is 12.8 Å². The van der Waals surface area contributed by atoms with E-state index in [1.165, 1.54) is 19.1 Å². The summed E-state index contributed by atoms with van der Waals surface area (Å²) < 4.78 is 73.7. The molecule has 0 radical (unpaired) electrons. The first-order valence-corrected chi connectivity index (χ1v) is 10.3. The normalized spacial score (nSPS) is 18.3. The minimum atomic E-state index is -4.62. The van der Waals surface area contributed by atoms with E-state index in [9.17, 15) is 22.0 Å². The lowest BCUT2D eigenvalue weighted by atomic mass is 9.86. The van der Waals surface area contributed by atoms with Gasteiger partial charge in [-0.15, -0.1) is 0 Å². The number of benzene rings is 1. The zero-order chi connectivity index (χ0) is 22.6. The zero-order valence-corrected chi connectivity index (χ0v) is 17.4. The summed E-state index contributed by atoms with van der Waals surface area (Å²) in [6, 6.07) is 6.16. The van der Waals surface area contributed by atoms with Gasteiger partial charge in [0.05, 0.1) is 16.8 Å². The van der Waals surface area contributed by atoms with Gasteiger partial charge in [0.25, 0.3) is 0 Å². The van der Waals surface area contributed by atoms with Gasteiger partial charge in [0.1, 0.15) is 17.4 Å². The van der Waals surface area contributed by atoms with E-state index in [0.717, 1.165) is 36.6 Å². The zero-order valence-electron chi connectivity index (χ0n) is 17.4. The number of hydrogen-bond acceptors (Lipinski definition) is 2. The summed E-state index contributed by atoms with van der Waals surface area (Å²) in [7, 11) is 0. The average Bonchev–Trinajstić information content (AvgIpc) is 3.16. The lowest BCUT2D eigenvalue weighted by Gasteiger charge is -2.20. The van der Waals surface area contributed by atoms with Crippen LogP contribution in [0.5, 0.6) is 0 Å². The molecule has 3 rings (SSSR count). The van der Waals surface area contributed by atoms with E-state index in [1.54, 1.807) is 19.1 Å². The van der Waals surface area contributed by atoms with Crippen molar-refractivity contribution in [2.24, 2.45) is 0 Å². The molecule has 1 heterocycles. The first-order chi connectivity index (χ1) is 14.7. The van der Waals surface area contributed by atoms with Gasteiger partial charge in [-0.05, 0) is 56.4 Å². The SMILES string of the molecule is C\C=C(F)/C(=C\C(=C\CC)C(F)(F)F)c1nc2c(o1)CCC[C@@H]2Cc1ccc(F)cc1. The Kier molecular flexibility index (Phi) is 7.13. The van der Waals surface area contributed by atoms with Crippen LogP contribution < -0.4 is 0 Å². The van der Waals surface area contributed by atoms with E-state index in [-0.39, 0.29) is 29.6 Å². The average molecular weight is 437 g/mol. The van der Waals surface area contributed by atoms with Crippen molar-refractivity contribution in [3.63, 3.8) is 0 Å². The van der Waals surface area contributed by atoms with Crippen LogP contribution in [0.1, 0.15) is 61.9 Å². The second-order valence-electron chi connectivity index (χ2n) is 7.51. The quantitative estimate of drug-likeness (QED) is 0.343. The van der Waals surface area contributed by atoms with Crippen molar-refractivity contribution in [1.82, 2.24) is 4.98 Å². The minimum Gasteiger partial charge on any atom is -0.441 e. The van der Waals surface area contributed by atoms with Crippen molar-refractivity contribution in [2.45, 2.75) is 58.0 Å². The third-order valence-corrected chi connectivity index (χ3v) is 5.26. The predicted molar refractivity (Wildman–Crippen MR) is 110 cm³/mol. The lowest BCUT2D eigenvalue weighted by Crippen LogP contribution is -2.11. The number of halogens is 5. The Bertz CT molecular complexity index is 996. The number of rotatable bonds is 6. The molecule has 0 saturated heterocycles. The molecule has 0 bridgehead atoms. The third-order valence-electron chi connectivity index (χ3n) is 5.26. The summed E-state index contributed by atoms with van der Waals surface area (Å²) in [5.41, 5.74) is 0.285. The molecule has 0 fully saturated rings. The molecule has 2 nitrogen and oxygen atoms in total. The van der Waals surface area contributed by atoms with Crippen LogP contribution in [0.2, 0.25) is 0 Å². The molecule has 0 amide bonds. The fraction of sp³-hybridized carbons (Fsp3) is 0.375. The molecule has 0 unspecified atom stereocenters. The fourth-order valence-electron chi connectivity index (χ4n) is 3.75. The van der Waals surface area contributed by atoms with Gasteiger partial charge >= 0.3 is 6.18 Å². The predicted octanol–water partition coefficient (Wildman–Crippen LogP) is 7.63. The number of alkyl halides is 3. The highest BCUT2D eigenvalue weighted by atomic mass is 19.4. The highest BCUT2D eigenvalue weighted by Crippen LogP contribution is 2.38. The molecular weight excluding hydrogens is 413 g/mol. The molecule has 1 aromatic heterocycles. The number of aromatic nitrogens is 1. The van der Waals surface area contributed by atoms with Crippen molar-refractivity contribution in [3.8, 4) is 0 Å². The Morgan fingerprint density at radius 1 is 1.23 bits per heavy atom. The standard InChI is InChI=1S/C24H24F5NO/c1-3-6-17(24(27,28)29)14-19(20(26)4-2)23-30-22-16(7-5-8-21(22)31-23)13-15-9-11-18(25)12-10-15/h4,6,9-12,14,16H,3,5,7-8,13H2,1-2H3/b17-6-,19-14+,20-4+/t16-/m1/s1. The van der Waals surface area contributed by atoms with Gasteiger partial charge < -0.3 is 4.42 Å². The van der Waals surface area contributed by atoms with E-state index >= 15 is 0 Å². The molecule has 2 aromatic rings. The second kappa shape index (κ2) is 9.62. The van der Waals surface area contributed by atoms with Gasteiger partial charge in [-0.2, -0.15) is 13.2 Å². The van der Waals surface area contributed by atoms with Gasteiger partial charge in [0.2, 0.25) is 5.89 Å². The summed E-state index contributed by atoms with van der Waals surface area (Å²) in [4.78, 5) is 4.43. The first kappa shape index (κ1) is 23.0. The molecule has 1 aliphatic rings. The Labute approximate surface area is 178 Å². The van der Waals surface area contributed by atoms with Crippen LogP contribution in [0, 0.1) is 5.82 Å². The largest absolute Gasteiger partial charge is 0.441 e. The molecule has 0 aliphatic heterocycles. The summed E-state index contributed by atoms with van der Waals surface area (Å²) in [6.07, 6.45) is 1.19. The van der Waals surface area contributed by atoms with Crippen molar-refractivity contribution in [3.05, 3.63) is 82.6 Å². The highest BCUT2D eigenvalue weighted by molar-refractivity contribution is 5.75. The van der Waals surface area contributed by atoms with Crippen LogP contribution in [0.4, 0.5) is 22.0 Å². The summed E-state index contributed by atoms with van der Waals surface area (Å²) in [5.74, 6) is -0.780. The molecule has 0 saturated carbocycles. The topological polar surface area (TPSA) is 26.0 Å². The molecule has 0 spiro atoms. The molecule has 7 heteroatoms. The van der Waals surface area contributed by atoms with E-state index in [0.29, 0.717) is 24.3 Å². The number of oxazole rings is 1. The highest BCUT2D eigenvalue weighted by Gasteiger charge is 2.34. The number of allylic oxidation sites excluding steroid dienone is 6. The molecular formula is C24H24F5NO. The monoisotopic (exact) mass is 437 g/mol. The van der Waals surface area contributed by atoms with E-state index in [1.807, 2.05) is 0 Å². The summed E-state index contributed by atoms with van der Waals surface area (Å²) in [5, 5.41) is 0. The third kappa shape index (κ3) is 5.51. The maximum absolute atomic E-state index is 14.6. The smallest absolute Gasteiger partial charge is 0.416 e. The van der Waals surface area contributed by atoms with Crippen LogP contribution in [0.3, 0.4) is 0 Å². The number of hydrogen-bond donors (Lipinski definition) is 0. The van der Waals surface area contributed by atoms with Gasteiger partial charge in [-0.1, -0.05) is 31.2 Å². The molecule has 0 N–H and O–H groups in total. The molecule has 31 heavy (non-hydrogen) atoms. The number of nitrogens with zero attached hydrogens (tertiary/aromatic N) is 1. The van der Waals surface area contributed by atoms with Gasteiger partial charge in [0, 0.05) is 12.3 Å². The minimum absolute atomic E-state index is 0.0325. The first-order valence-electron chi connectivity index (χ1n) is 10.3. The Morgan fingerprint density at radius 2 is 1.94 bits per heavy atom. The molecule has 166 valence electrons. The Hall–Kier alpha value is -2.70. The van der Waals surface area contributed by atoms with Crippen molar-refractivity contribution in [1.29, 1.82) is 0 Å². The van der Waals surface area contributed by atoms with Crippen molar-refractivity contribution in [2.75, 3.05) is 0 Å². The Balaban J connectivity index is 1.99. The maximum Gasteiger partial charge on any atom is 0.416 e. The maximum atomic E-state index is 14.6. The molecule has 1 aromatic carbocycles. The number of fused-ring (bicyclic) bond motifs is 1. The Morgan fingerprint density at radius 3 is 2.55 bits per heavy atom. The molecule has 1 aliphatic carbocycles. The molecule has 1 atom stereocenters. The van der Waals surface area contributed by atoms with Gasteiger partial charge in [-0.3, -0.25) is 0 Å².